The highest BCUT2D eigenvalue weighted by atomic mass is 35.5. The minimum atomic E-state index is -1.38. The summed E-state index contributed by atoms with van der Waals surface area (Å²) in [5.41, 5.74) is 1.29. The van der Waals surface area contributed by atoms with E-state index in [1.807, 2.05) is 82.3 Å². The molecule has 0 aliphatic heterocycles. The maximum atomic E-state index is 13.9. The smallest absolute Gasteiger partial charge is 0.408 e. The fourth-order valence-corrected chi connectivity index (χ4v) is 4.66. The number of alkyl halides is 1. The van der Waals surface area contributed by atoms with E-state index in [4.69, 9.17) is 16.3 Å². The van der Waals surface area contributed by atoms with Crippen molar-refractivity contribution in [2.75, 3.05) is 12.4 Å². The molecule has 0 bridgehead atoms. The second-order valence-corrected chi connectivity index (χ2v) is 14.3. The Hall–Kier alpha value is -4.65. The molecule has 0 spiro atoms. The highest BCUT2D eigenvalue weighted by Gasteiger charge is 2.31. The molecule has 2 rings (SSSR count). The van der Waals surface area contributed by atoms with Crippen molar-refractivity contribution in [2.45, 2.75) is 104 Å². The fourth-order valence-electron chi connectivity index (χ4n) is 4.57. The summed E-state index contributed by atoms with van der Waals surface area (Å²) in [4.78, 5) is 78.3. The third kappa shape index (κ3) is 16.6. The van der Waals surface area contributed by atoms with Crippen LogP contribution in [0.1, 0.15) is 71.1 Å². The molecular weight excluding hydrogens is 664 g/mol. The minimum absolute atomic E-state index is 0.143. The van der Waals surface area contributed by atoms with Crippen LogP contribution in [-0.4, -0.2) is 77.3 Å². The molecule has 0 unspecified atom stereocenters. The van der Waals surface area contributed by atoms with Crippen molar-refractivity contribution in [3.63, 3.8) is 0 Å². The van der Waals surface area contributed by atoms with E-state index in [1.165, 1.54) is 0 Å². The lowest BCUT2D eigenvalue weighted by Crippen LogP contribution is -2.59. The Morgan fingerprint density at radius 3 is 1.88 bits per heavy atom. The molecule has 0 saturated heterocycles. The molecule has 3 atom stereocenters. The van der Waals surface area contributed by atoms with E-state index in [0.717, 1.165) is 16.7 Å². The van der Waals surface area contributed by atoms with Gasteiger partial charge >= 0.3 is 6.09 Å². The Kier molecular flexibility index (Phi) is 16.2. The normalized spacial score (nSPS) is 13.1. The van der Waals surface area contributed by atoms with Crippen molar-refractivity contribution in [1.82, 2.24) is 31.9 Å². The Morgan fingerprint density at radius 2 is 1.30 bits per heavy atom. The number of carbonyl (C=O) groups excluding carboxylic acids is 6. The number of nitrogens with one attached hydrogen (secondary N) is 6. The van der Waals surface area contributed by atoms with Crippen molar-refractivity contribution in [3.8, 4) is 0 Å². The van der Waals surface area contributed by atoms with Crippen LogP contribution in [0.25, 0.3) is 0 Å². The van der Waals surface area contributed by atoms with E-state index in [1.54, 1.807) is 20.8 Å². The number of benzene rings is 2. The zero-order chi connectivity index (χ0) is 37.5. The lowest BCUT2D eigenvalue weighted by molar-refractivity contribution is -0.133. The van der Waals surface area contributed by atoms with Gasteiger partial charge in [0.25, 0.3) is 0 Å². The maximum absolute atomic E-state index is 13.9. The summed E-state index contributed by atoms with van der Waals surface area (Å²) in [7, 11) is 0. The van der Waals surface area contributed by atoms with Gasteiger partial charge in [-0.3, -0.25) is 24.0 Å². The van der Waals surface area contributed by atoms with Gasteiger partial charge in [-0.25, -0.2) is 4.79 Å². The molecule has 14 heteroatoms. The summed E-state index contributed by atoms with van der Waals surface area (Å²) < 4.78 is 5.28. The van der Waals surface area contributed by atoms with Crippen LogP contribution in [0.4, 0.5) is 4.79 Å². The van der Waals surface area contributed by atoms with Gasteiger partial charge in [0.2, 0.25) is 29.5 Å². The van der Waals surface area contributed by atoms with Crippen LogP contribution in [0.3, 0.4) is 0 Å². The van der Waals surface area contributed by atoms with Crippen molar-refractivity contribution >= 4 is 47.2 Å². The minimum Gasteiger partial charge on any atom is -0.444 e. The van der Waals surface area contributed by atoms with Crippen molar-refractivity contribution < 1.29 is 33.5 Å². The summed E-state index contributed by atoms with van der Waals surface area (Å²) in [6, 6.07) is 13.0. The second kappa shape index (κ2) is 19.5. The van der Waals surface area contributed by atoms with E-state index in [0.29, 0.717) is 0 Å². The van der Waals surface area contributed by atoms with Gasteiger partial charge in [-0.15, -0.1) is 11.6 Å². The van der Waals surface area contributed by atoms with E-state index in [2.05, 4.69) is 31.9 Å². The fraction of sp³-hybridized carbons (Fsp3) is 0.500. The molecule has 13 nitrogen and oxygen atoms in total. The van der Waals surface area contributed by atoms with Gasteiger partial charge in [-0.1, -0.05) is 60.2 Å². The molecule has 0 aliphatic rings. The number of amides is 6. The standard InChI is InChI=1S/C36H51ClN6O7/c1-23-13-15-25(16-14-23)21-39-31(46)27(19-24-11-9-8-10-12-24)41-32(47)26(17-18-29(44)43-35(2,3)4)40-33(48)28(22-38-30(45)20-37)42-34(49)50-36(5,6)7/h8-16,26-28H,17-22H2,1-7H3,(H,38,45)(H,39,46)(H,40,48)(H,41,47)(H,42,49)(H,43,44)/t26-,27-,28-/m0/s1. The number of hydrogen-bond acceptors (Lipinski definition) is 7. The van der Waals surface area contributed by atoms with Gasteiger partial charge in [0, 0.05) is 31.5 Å². The average molecular weight is 715 g/mol. The molecule has 0 aromatic heterocycles. The third-order valence-corrected chi connectivity index (χ3v) is 7.19. The van der Waals surface area contributed by atoms with Crippen molar-refractivity contribution in [2.24, 2.45) is 0 Å². The number of carbonyl (C=O) groups is 6. The van der Waals surface area contributed by atoms with Crippen LogP contribution >= 0.6 is 11.6 Å². The van der Waals surface area contributed by atoms with Gasteiger partial charge in [-0.05, 0) is 66.0 Å². The largest absolute Gasteiger partial charge is 0.444 e. The Labute approximate surface area is 299 Å². The Balaban J connectivity index is 2.34. The molecule has 0 radical (unpaired) electrons. The summed E-state index contributed by atoms with van der Waals surface area (Å²) in [6.07, 6.45) is -1.08. The van der Waals surface area contributed by atoms with Crippen molar-refractivity contribution in [3.05, 3.63) is 71.3 Å². The molecule has 0 fully saturated rings. The summed E-state index contributed by atoms with van der Waals surface area (Å²) in [5, 5.41) is 15.9. The Bertz CT molecular complexity index is 1460. The summed E-state index contributed by atoms with van der Waals surface area (Å²) in [5.74, 6) is -3.36. The monoisotopic (exact) mass is 714 g/mol. The first kappa shape index (κ1) is 41.5. The first-order valence-electron chi connectivity index (χ1n) is 16.5. The SMILES string of the molecule is Cc1ccc(CNC(=O)[C@H](Cc2ccccc2)NC(=O)[C@H](CCC(=O)NC(C)(C)C)NC(=O)[C@H](CNC(=O)CCl)NC(=O)OC(C)(C)C)cc1. The van der Waals surface area contributed by atoms with Crippen LogP contribution < -0.4 is 31.9 Å². The molecule has 0 aliphatic carbocycles. The predicted octanol–water partition coefficient (Wildman–Crippen LogP) is 2.77. The number of alkyl carbamates (subject to hydrolysis) is 1. The molecule has 6 N–H and O–H groups in total. The van der Waals surface area contributed by atoms with Crippen LogP contribution in [0.5, 0.6) is 0 Å². The van der Waals surface area contributed by atoms with Crippen molar-refractivity contribution in [1.29, 1.82) is 0 Å². The van der Waals surface area contributed by atoms with Crippen LogP contribution in [0, 0.1) is 6.92 Å². The molecule has 0 heterocycles. The molecule has 2 aromatic rings. The van der Waals surface area contributed by atoms with Gasteiger partial charge in [0.1, 0.15) is 29.6 Å². The lowest BCUT2D eigenvalue weighted by atomic mass is 10.0. The first-order chi connectivity index (χ1) is 23.3. The number of hydrogen-bond donors (Lipinski definition) is 6. The quantitative estimate of drug-likeness (QED) is 0.145. The van der Waals surface area contributed by atoms with E-state index >= 15 is 0 Å². The summed E-state index contributed by atoms with van der Waals surface area (Å²) >= 11 is 5.60. The number of ether oxygens (including phenoxy) is 1. The van der Waals surface area contributed by atoms with E-state index in [-0.39, 0.29) is 44.1 Å². The Morgan fingerprint density at radius 1 is 0.700 bits per heavy atom. The second-order valence-electron chi connectivity index (χ2n) is 14.0. The molecule has 6 amide bonds. The average Bonchev–Trinajstić information content (AvgIpc) is 3.02. The summed E-state index contributed by atoms with van der Waals surface area (Å²) in [6.45, 7) is 12.2. The first-order valence-corrected chi connectivity index (χ1v) is 17.0. The lowest BCUT2D eigenvalue weighted by Gasteiger charge is -2.27. The number of halogens is 1. The van der Waals surface area contributed by atoms with Gasteiger partial charge in [-0.2, -0.15) is 0 Å². The van der Waals surface area contributed by atoms with Crippen LogP contribution in [0.15, 0.2) is 54.6 Å². The molecule has 50 heavy (non-hydrogen) atoms. The maximum Gasteiger partial charge on any atom is 0.408 e. The van der Waals surface area contributed by atoms with Crippen LogP contribution in [0.2, 0.25) is 0 Å². The highest BCUT2D eigenvalue weighted by molar-refractivity contribution is 6.27. The van der Waals surface area contributed by atoms with Gasteiger partial charge < -0.3 is 36.6 Å². The molecule has 2 aromatic carbocycles. The highest BCUT2D eigenvalue weighted by Crippen LogP contribution is 2.10. The van der Waals surface area contributed by atoms with E-state index in [9.17, 15) is 28.8 Å². The number of rotatable bonds is 16. The van der Waals surface area contributed by atoms with E-state index < -0.39 is 59.0 Å². The van der Waals surface area contributed by atoms with Crippen LogP contribution in [-0.2, 0) is 41.7 Å². The zero-order valence-corrected chi connectivity index (χ0v) is 30.7. The van der Waals surface area contributed by atoms with Gasteiger partial charge in [0.15, 0.2) is 0 Å². The van der Waals surface area contributed by atoms with Gasteiger partial charge in [0.05, 0.1) is 0 Å². The molecule has 274 valence electrons. The third-order valence-electron chi connectivity index (χ3n) is 6.94. The topological polar surface area (TPSA) is 184 Å². The zero-order valence-electron chi connectivity index (χ0n) is 29.9. The predicted molar refractivity (Wildman–Crippen MR) is 191 cm³/mol. The number of aryl methyl sites for hydroxylation is 1. The molecular formula is C36H51ClN6O7. The molecule has 0 saturated carbocycles.